The summed E-state index contributed by atoms with van der Waals surface area (Å²) in [5, 5.41) is 12.0. The lowest BCUT2D eigenvalue weighted by Crippen LogP contribution is -2.25. The largest absolute Gasteiger partial charge is 0.382 e. The number of nitrogens with two attached hydrogens (primary N) is 2. The van der Waals surface area contributed by atoms with Gasteiger partial charge in [0.1, 0.15) is 18.5 Å². The molecule has 0 spiro atoms. The number of hydrogen-bond acceptors (Lipinski definition) is 7. The smallest absolute Gasteiger partial charge is 0.177 e. The van der Waals surface area contributed by atoms with Crippen LogP contribution < -0.4 is 16.8 Å². The number of nitrogen functional groups attached to an aromatic ring is 1. The number of hydrogen-bond donors (Lipinski definition) is 3. The third-order valence-electron chi connectivity index (χ3n) is 5.48. The van der Waals surface area contributed by atoms with E-state index in [1.807, 2.05) is 36.5 Å². The molecule has 1 saturated carbocycles. The highest BCUT2D eigenvalue weighted by Crippen LogP contribution is 2.33. The quantitative estimate of drug-likeness (QED) is 0.490. The molecule has 1 fully saturated rings. The predicted molar refractivity (Wildman–Crippen MR) is 111 cm³/mol. The number of anilines is 3. The minimum absolute atomic E-state index is 0.315. The lowest BCUT2D eigenvalue weighted by Gasteiger charge is -2.24. The lowest BCUT2D eigenvalue weighted by atomic mass is 9.85. The summed E-state index contributed by atoms with van der Waals surface area (Å²) in [4.78, 5) is 8.85. The Morgan fingerprint density at radius 3 is 2.59 bits per heavy atom. The van der Waals surface area contributed by atoms with E-state index >= 15 is 0 Å². The molecule has 0 amide bonds. The molecule has 3 aromatic heterocycles. The van der Waals surface area contributed by atoms with Crippen LogP contribution in [0.1, 0.15) is 37.3 Å². The standard InChI is InChI=1S/C20H23N9/c21-14-3-1-13(2-4-14)18-10-28-20(26-18)17(9-19(22)27-28)25-15-5-7-16(8-6-15)29-12-23-11-24-29/h5-14,25H,1-4,21H2,(H2,22,27)/t13-,14-. The molecule has 0 atom stereocenters. The summed E-state index contributed by atoms with van der Waals surface area (Å²) >= 11 is 0. The van der Waals surface area contributed by atoms with Gasteiger partial charge in [-0.15, -0.1) is 5.10 Å². The van der Waals surface area contributed by atoms with E-state index in [0.717, 1.165) is 54.1 Å². The molecule has 4 aromatic rings. The Kier molecular flexibility index (Phi) is 4.36. The molecule has 9 nitrogen and oxygen atoms in total. The average molecular weight is 389 g/mol. The highest BCUT2D eigenvalue weighted by atomic mass is 15.3. The second kappa shape index (κ2) is 7.17. The molecule has 5 rings (SSSR count). The first kappa shape index (κ1) is 17.6. The van der Waals surface area contributed by atoms with Gasteiger partial charge < -0.3 is 16.8 Å². The topological polar surface area (TPSA) is 125 Å². The molecular formula is C20H23N9. The predicted octanol–water partition coefficient (Wildman–Crippen LogP) is 2.62. The molecule has 1 aliphatic carbocycles. The molecule has 0 radical (unpaired) electrons. The number of nitrogens with one attached hydrogen (secondary N) is 1. The summed E-state index contributed by atoms with van der Waals surface area (Å²) in [6.45, 7) is 0. The maximum atomic E-state index is 6.05. The Bertz CT molecular complexity index is 1110. The summed E-state index contributed by atoms with van der Waals surface area (Å²) < 4.78 is 3.48. The number of benzene rings is 1. The maximum Gasteiger partial charge on any atom is 0.177 e. The van der Waals surface area contributed by atoms with Crippen molar-refractivity contribution in [1.82, 2.24) is 29.4 Å². The fourth-order valence-corrected chi connectivity index (χ4v) is 3.91. The molecule has 9 heteroatoms. The second-order valence-electron chi connectivity index (χ2n) is 7.54. The average Bonchev–Trinajstić information content (AvgIpc) is 3.39. The minimum Gasteiger partial charge on any atom is -0.382 e. The van der Waals surface area contributed by atoms with Crippen LogP contribution in [0.4, 0.5) is 17.2 Å². The van der Waals surface area contributed by atoms with Crippen LogP contribution in [0.15, 0.2) is 49.2 Å². The van der Waals surface area contributed by atoms with Crippen LogP contribution in [-0.2, 0) is 0 Å². The Morgan fingerprint density at radius 2 is 1.86 bits per heavy atom. The lowest BCUT2D eigenvalue weighted by molar-refractivity contribution is 0.391. The van der Waals surface area contributed by atoms with E-state index in [2.05, 4.69) is 20.5 Å². The van der Waals surface area contributed by atoms with E-state index < -0.39 is 0 Å². The van der Waals surface area contributed by atoms with Gasteiger partial charge in [0.15, 0.2) is 5.65 Å². The van der Waals surface area contributed by atoms with Gasteiger partial charge in [-0.1, -0.05) is 0 Å². The van der Waals surface area contributed by atoms with Crippen molar-refractivity contribution in [3.8, 4) is 5.69 Å². The fourth-order valence-electron chi connectivity index (χ4n) is 3.91. The minimum atomic E-state index is 0.315. The van der Waals surface area contributed by atoms with Gasteiger partial charge in [0.25, 0.3) is 0 Å². The van der Waals surface area contributed by atoms with Crippen LogP contribution in [0.2, 0.25) is 0 Å². The van der Waals surface area contributed by atoms with Crippen molar-refractivity contribution >= 4 is 22.8 Å². The molecule has 1 aliphatic rings. The van der Waals surface area contributed by atoms with Crippen LogP contribution in [0.5, 0.6) is 0 Å². The Hall–Kier alpha value is -3.46. The van der Waals surface area contributed by atoms with E-state index in [0.29, 0.717) is 17.8 Å². The molecule has 1 aromatic carbocycles. The fraction of sp³-hybridized carbons (Fsp3) is 0.300. The van der Waals surface area contributed by atoms with E-state index in [1.54, 1.807) is 15.5 Å². The van der Waals surface area contributed by atoms with Crippen molar-refractivity contribution in [1.29, 1.82) is 0 Å². The first-order chi connectivity index (χ1) is 14.2. The Balaban J connectivity index is 1.43. The van der Waals surface area contributed by atoms with Crippen molar-refractivity contribution in [2.24, 2.45) is 5.73 Å². The third kappa shape index (κ3) is 3.52. The van der Waals surface area contributed by atoms with Crippen LogP contribution >= 0.6 is 0 Å². The van der Waals surface area contributed by atoms with Crippen molar-refractivity contribution in [2.75, 3.05) is 11.1 Å². The maximum absolute atomic E-state index is 6.05. The second-order valence-corrected chi connectivity index (χ2v) is 7.54. The first-order valence-electron chi connectivity index (χ1n) is 9.79. The zero-order valence-corrected chi connectivity index (χ0v) is 15.9. The number of aromatic nitrogens is 6. The van der Waals surface area contributed by atoms with Gasteiger partial charge in [0.2, 0.25) is 0 Å². The molecule has 148 valence electrons. The molecule has 5 N–H and O–H groups in total. The number of nitrogens with zero attached hydrogens (tertiary/aromatic N) is 6. The summed E-state index contributed by atoms with van der Waals surface area (Å²) in [6.07, 6.45) is 9.37. The van der Waals surface area contributed by atoms with Gasteiger partial charge >= 0.3 is 0 Å². The van der Waals surface area contributed by atoms with Gasteiger partial charge in [-0.05, 0) is 49.9 Å². The zero-order valence-electron chi connectivity index (χ0n) is 15.9. The SMILES string of the molecule is Nc1cc(Nc2ccc(-n3cncn3)cc2)c2nc([C@H]3CC[C@H](N)CC3)cn2n1. The van der Waals surface area contributed by atoms with Crippen LogP contribution in [0.25, 0.3) is 11.3 Å². The summed E-state index contributed by atoms with van der Waals surface area (Å²) in [5.74, 6) is 0.862. The number of imidazole rings is 1. The van der Waals surface area contributed by atoms with Gasteiger partial charge in [0.05, 0.1) is 23.3 Å². The summed E-state index contributed by atoms with van der Waals surface area (Å²) in [6, 6.07) is 10.0. The van der Waals surface area contributed by atoms with E-state index in [4.69, 9.17) is 16.5 Å². The summed E-state index contributed by atoms with van der Waals surface area (Å²) in [7, 11) is 0. The van der Waals surface area contributed by atoms with Crippen molar-refractivity contribution in [3.05, 3.63) is 54.9 Å². The number of rotatable bonds is 4. The van der Waals surface area contributed by atoms with Gasteiger partial charge in [-0.3, -0.25) is 0 Å². The molecule has 0 aliphatic heterocycles. The zero-order chi connectivity index (χ0) is 19.8. The normalized spacial score (nSPS) is 19.5. The molecule has 0 unspecified atom stereocenters. The van der Waals surface area contributed by atoms with Gasteiger partial charge in [-0.2, -0.15) is 5.10 Å². The summed E-state index contributed by atoms with van der Waals surface area (Å²) in [5.41, 5.74) is 16.6. The van der Waals surface area contributed by atoms with E-state index in [-0.39, 0.29) is 0 Å². The number of fused-ring (bicyclic) bond motifs is 1. The van der Waals surface area contributed by atoms with Crippen LogP contribution in [0.3, 0.4) is 0 Å². The van der Waals surface area contributed by atoms with Crippen LogP contribution in [0, 0.1) is 0 Å². The Labute approximate surface area is 167 Å². The van der Waals surface area contributed by atoms with Crippen molar-refractivity contribution < 1.29 is 0 Å². The molecular weight excluding hydrogens is 366 g/mol. The van der Waals surface area contributed by atoms with Crippen molar-refractivity contribution in [2.45, 2.75) is 37.6 Å². The monoisotopic (exact) mass is 389 g/mol. The molecule has 29 heavy (non-hydrogen) atoms. The Morgan fingerprint density at radius 1 is 1.07 bits per heavy atom. The molecule has 0 saturated heterocycles. The van der Waals surface area contributed by atoms with Gasteiger partial charge in [0, 0.05) is 23.7 Å². The highest BCUT2D eigenvalue weighted by Gasteiger charge is 2.23. The molecule has 0 bridgehead atoms. The third-order valence-corrected chi connectivity index (χ3v) is 5.48. The van der Waals surface area contributed by atoms with Crippen molar-refractivity contribution in [3.63, 3.8) is 0 Å². The molecule has 3 heterocycles. The van der Waals surface area contributed by atoms with E-state index in [1.165, 1.54) is 6.33 Å². The first-order valence-corrected chi connectivity index (χ1v) is 9.79. The van der Waals surface area contributed by atoms with Crippen LogP contribution in [-0.4, -0.2) is 35.4 Å². The van der Waals surface area contributed by atoms with Gasteiger partial charge in [-0.25, -0.2) is 19.2 Å². The highest BCUT2D eigenvalue weighted by molar-refractivity contribution is 5.76. The van der Waals surface area contributed by atoms with E-state index in [9.17, 15) is 0 Å².